The zero-order chi connectivity index (χ0) is 23.0. The van der Waals surface area contributed by atoms with Crippen LogP contribution in [-0.2, 0) is 20.9 Å². The molecule has 1 fully saturated rings. The minimum atomic E-state index is -1.55. The maximum atomic E-state index is 13.5. The molecule has 1 atom stereocenters. The molecule has 1 unspecified atom stereocenters. The molecule has 2 aliphatic rings. The summed E-state index contributed by atoms with van der Waals surface area (Å²) in [5.41, 5.74) is -0.263. The number of para-hydroxylation sites is 1. The molecular formula is C23H23N3O6. The largest absolute Gasteiger partial charge is 0.458 e. The van der Waals surface area contributed by atoms with Crippen molar-refractivity contribution >= 4 is 29.2 Å². The number of carbonyl (C=O) groups excluding carboxylic acids is 3. The van der Waals surface area contributed by atoms with Gasteiger partial charge in [0.1, 0.15) is 6.61 Å². The number of ether oxygens (including phenoxy) is 1. The molecule has 0 spiro atoms. The number of rotatable bonds is 6. The minimum Gasteiger partial charge on any atom is -0.458 e. The van der Waals surface area contributed by atoms with Gasteiger partial charge in [0.15, 0.2) is 0 Å². The van der Waals surface area contributed by atoms with E-state index >= 15 is 0 Å². The van der Waals surface area contributed by atoms with Crippen molar-refractivity contribution in [3.05, 3.63) is 69.8 Å². The first kappa shape index (κ1) is 21.5. The molecule has 166 valence electrons. The number of carbonyl (C=O) groups is 3. The van der Waals surface area contributed by atoms with Crippen molar-refractivity contribution in [2.75, 3.05) is 11.4 Å². The van der Waals surface area contributed by atoms with Crippen LogP contribution in [0.4, 0.5) is 11.4 Å². The van der Waals surface area contributed by atoms with Crippen molar-refractivity contribution in [2.45, 2.75) is 39.0 Å². The van der Waals surface area contributed by atoms with Gasteiger partial charge in [0.2, 0.25) is 11.6 Å². The first-order chi connectivity index (χ1) is 15.3. The molecule has 9 nitrogen and oxygen atoms in total. The van der Waals surface area contributed by atoms with Crippen molar-refractivity contribution in [1.29, 1.82) is 0 Å². The highest BCUT2D eigenvalue weighted by molar-refractivity contribution is 6.15. The van der Waals surface area contributed by atoms with Crippen molar-refractivity contribution in [1.82, 2.24) is 4.90 Å². The van der Waals surface area contributed by atoms with E-state index in [-0.39, 0.29) is 49.4 Å². The summed E-state index contributed by atoms with van der Waals surface area (Å²) in [5.74, 6) is -1.19. The fourth-order valence-corrected chi connectivity index (χ4v) is 4.34. The number of hydrogen-bond donors (Lipinski definition) is 0. The Hall–Kier alpha value is -3.75. The lowest BCUT2D eigenvalue weighted by molar-refractivity contribution is -0.384. The average Bonchev–Trinajstić information content (AvgIpc) is 3.13. The zero-order valence-corrected chi connectivity index (χ0v) is 17.8. The third-order valence-corrected chi connectivity index (χ3v) is 5.77. The molecule has 9 heteroatoms. The number of anilines is 1. The number of fused-ring (bicyclic) bond motifs is 3. The van der Waals surface area contributed by atoms with Gasteiger partial charge in [-0.05, 0) is 35.7 Å². The smallest absolute Gasteiger partial charge is 0.354 e. The number of nitro groups is 1. The highest BCUT2D eigenvalue weighted by Crippen LogP contribution is 2.45. The molecule has 2 aromatic rings. The van der Waals surface area contributed by atoms with E-state index in [1.54, 1.807) is 24.3 Å². The van der Waals surface area contributed by atoms with Crippen molar-refractivity contribution in [2.24, 2.45) is 5.92 Å². The number of benzene rings is 2. The molecule has 0 N–H and O–H groups in total. The summed E-state index contributed by atoms with van der Waals surface area (Å²) in [6.45, 7) is 4.02. The van der Waals surface area contributed by atoms with Gasteiger partial charge >= 0.3 is 5.97 Å². The van der Waals surface area contributed by atoms with Crippen molar-refractivity contribution in [3.63, 3.8) is 0 Å². The van der Waals surface area contributed by atoms with E-state index < -0.39 is 16.6 Å². The van der Waals surface area contributed by atoms with Gasteiger partial charge in [0, 0.05) is 31.5 Å². The molecule has 2 heterocycles. The van der Waals surface area contributed by atoms with Crippen LogP contribution in [0.15, 0.2) is 48.5 Å². The highest BCUT2D eigenvalue weighted by atomic mass is 16.6. The number of nitrogens with zero attached hydrogens (tertiary/aromatic N) is 3. The average molecular weight is 437 g/mol. The molecule has 0 saturated carbocycles. The Balaban J connectivity index is 1.69. The van der Waals surface area contributed by atoms with Gasteiger partial charge in [-0.1, -0.05) is 26.0 Å². The second-order valence-corrected chi connectivity index (χ2v) is 8.37. The van der Waals surface area contributed by atoms with E-state index in [2.05, 4.69) is 0 Å². The summed E-state index contributed by atoms with van der Waals surface area (Å²) in [7, 11) is 0. The van der Waals surface area contributed by atoms with Crippen LogP contribution >= 0.6 is 0 Å². The monoisotopic (exact) mass is 437 g/mol. The molecule has 0 radical (unpaired) electrons. The van der Waals surface area contributed by atoms with Crippen LogP contribution in [-0.4, -0.2) is 39.8 Å². The summed E-state index contributed by atoms with van der Waals surface area (Å²) >= 11 is 0. The Kier molecular flexibility index (Phi) is 5.41. The standard InChI is InChI=1S/C23H23N3O6/c1-15(2)13-24-21(28)18-5-3-4-6-19(18)25-20(27)11-12-23(24,25)22(29)32-14-16-7-9-17(10-8-16)26(30)31/h3-10,15H,11-14H2,1-2H3. The third kappa shape index (κ3) is 3.39. The van der Waals surface area contributed by atoms with Gasteiger partial charge in [0.25, 0.3) is 11.6 Å². The number of hydrogen-bond acceptors (Lipinski definition) is 6. The maximum Gasteiger partial charge on any atom is 0.354 e. The molecule has 0 bridgehead atoms. The SMILES string of the molecule is CC(C)CN1C(=O)c2ccccc2N2C(=O)CCC12C(=O)OCc1ccc([N+](=O)[O-])cc1. The maximum absolute atomic E-state index is 13.5. The summed E-state index contributed by atoms with van der Waals surface area (Å²) in [6, 6.07) is 12.5. The molecule has 2 amide bonds. The minimum absolute atomic E-state index is 0.0566. The predicted molar refractivity (Wildman–Crippen MR) is 115 cm³/mol. The van der Waals surface area contributed by atoms with Gasteiger partial charge in [-0.2, -0.15) is 0 Å². The molecule has 2 aromatic carbocycles. The summed E-state index contributed by atoms with van der Waals surface area (Å²) in [5, 5.41) is 10.8. The summed E-state index contributed by atoms with van der Waals surface area (Å²) in [6.07, 6.45) is 0.251. The number of nitro benzene ring substituents is 1. The Morgan fingerprint density at radius 3 is 2.50 bits per heavy atom. The van der Waals surface area contributed by atoms with E-state index in [4.69, 9.17) is 4.74 Å². The molecule has 4 rings (SSSR count). The summed E-state index contributed by atoms with van der Waals surface area (Å²) < 4.78 is 5.60. The second-order valence-electron chi connectivity index (χ2n) is 8.37. The lowest BCUT2D eigenvalue weighted by atomic mass is 9.95. The molecule has 2 aliphatic heterocycles. The van der Waals surface area contributed by atoms with Crippen LogP contribution in [0.3, 0.4) is 0 Å². The summed E-state index contributed by atoms with van der Waals surface area (Å²) in [4.78, 5) is 53.0. The van der Waals surface area contributed by atoms with Crippen molar-refractivity contribution < 1.29 is 24.0 Å². The topological polar surface area (TPSA) is 110 Å². The van der Waals surface area contributed by atoms with Crippen LogP contribution in [0.1, 0.15) is 42.6 Å². The van der Waals surface area contributed by atoms with Crippen LogP contribution < -0.4 is 4.90 Å². The molecule has 1 saturated heterocycles. The normalized spacial score (nSPS) is 19.7. The number of non-ortho nitro benzene ring substituents is 1. The first-order valence-electron chi connectivity index (χ1n) is 10.4. The highest BCUT2D eigenvalue weighted by Gasteiger charge is 2.61. The fraction of sp³-hybridized carbons (Fsp3) is 0.348. The fourth-order valence-electron chi connectivity index (χ4n) is 4.34. The predicted octanol–water partition coefficient (Wildman–Crippen LogP) is 3.27. The molecule has 0 aromatic heterocycles. The first-order valence-corrected chi connectivity index (χ1v) is 10.4. The van der Waals surface area contributed by atoms with Crippen LogP contribution in [0, 0.1) is 16.0 Å². The zero-order valence-electron chi connectivity index (χ0n) is 17.8. The van der Waals surface area contributed by atoms with E-state index in [0.29, 0.717) is 16.8 Å². The van der Waals surface area contributed by atoms with Crippen LogP contribution in [0.25, 0.3) is 0 Å². The van der Waals surface area contributed by atoms with Gasteiger partial charge in [-0.25, -0.2) is 4.79 Å². The number of amides is 2. The quantitative estimate of drug-likeness (QED) is 0.390. The van der Waals surface area contributed by atoms with E-state index in [9.17, 15) is 24.5 Å². The Morgan fingerprint density at radius 2 is 1.84 bits per heavy atom. The van der Waals surface area contributed by atoms with Crippen LogP contribution in [0.5, 0.6) is 0 Å². The van der Waals surface area contributed by atoms with Gasteiger partial charge in [0.05, 0.1) is 16.2 Å². The van der Waals surface area contributed by atoms with E-state index in [1.807, 2.05) is 13.8 Å². The van der Waals surface area contributed by atoms with Crippen LogP contribution in [0.2, 0.25) is 0 Å². The molecule has 32 heavy (non-hydrogen) atoms. The van der Waals surface area contributed by atoms with E-state index in [1.165, 1.54) is 34.1 Å². The second kappa shape index (κ2) is 8.07. The number of esters is 1. The lowest BCUT2D eigenvalue weighted by Crippen LogP contribution is -2.69. The molecule has 0 aliphatic carbocycles. The van der Waals surface area contributed by atoms with Gasteiger partial charge < -0.3 is 9.64 Å². The Bertz CT molecular complexity index is 1100. The van der Waals surface area contributed by atoms with Gasteiger partial charge in [-0.15, -0.1) is 0 Å². The van der Waals surface area contributed by atoms with Gasteiger partial charge in [-0.3, -0.25) is 24.6 Å². The Labute approximate surface area is 184 Å². The molecular weight excluding hydrogens is 414 g/mol. The van der Waals surface area contributed by atoms with Crippen molar-refractivity contribution in [3.8, 4) is 0 Å². The van der Waals surface area contributed by atoms with E-state index in [0.717, 1.165) is 0 Å². The Morgan fingerprint density at radius 1 is 1.16 bits per heavy atom. The third-order valence-electron chi connectivity index (χ3n) is 5.77. The lowest BCUT2D eigenvalue weighted by Gasteiger charge is -2.48.